The van der Waals surface area contributed by atoms with Crippen molar-refractivity contribution in [2.75, 3.05) is 20.1 Å². The molecule has 0 aliphatic carbocycles. The van der Waals surface area contributed by atoms with Crippen LogP contribution in [0, 0.1) is 5.92 Å². The lowest BCUT2D eigenvalue weighted by molar-refractivity contribution is 0.267. The van der Waals surface area contributed by atoms with Gasteiger partial charge in [0.25, 0.3) is 0 Å². The maximum atomic E-state index is 5.50. The summed E-state index contributed by atoms with van der Waals surface area (Å²) in [5.74, 6) is 0.720. The van der Waals surface area contributed by atoms with Crippen LogP contribution in [0.3, 0.4) is 0 Å². The molecule has 15 heavy (non-hydrogen) atoms. The number of hydrogen-bond acceptors (Lipinski definition) is 4. The highest BCUT2D eigenvalue weighted by Crippen LogP contribution is 2.09. The summed E-state index contributed by atoms with van der Waals surface area (Å²) in [6.45, 7) is 5.17. The minimum Gasteiger partial charge on any atom is -0.330 e. The molecule has 0 aliphatic heterocycles. The molecule has 1 atom stereocenters. The van der Waals surface area contributed by atoms with Crippen molar-refractivity contribution in [2.24, 2.45) is 11.7 Å². The van der Waals surface area contributed by atoms with Crippen molar-refractivity contribution < 1.29 is 0 Å². The molecule has 86 valence electrons. The smallest absolute Gasteiger partial charge is 0.0795 e. The fourth-order valence-corrected chi connectivity index (χ4v) is 2.30. The Balaban J connectivity index is 2.20. The van der Waals surface area contributed by atoms with Gasteiger partial charge < -0.3 is 10.6 Å². The van der Waals surface area contributed by atoms with E-state index in [1.807, 2.05) is 5.51 Å². The van der Waals surface area contributed by atoms with Gasteiger partial charge in [-0.05, 0) is 32.4 Å². The molecule has 0 saturated carbocycles. The molecule has 0 bridgehead atoms. The van der Waals surface area contributed by atoms with Crippen LogP contribution in [0.25, 0.3) is 0 Å². The molecule has 1 aromatic heterocycles. The van der Waals surface area contributed by atoms with Crippen molar-refractivity contribution in [2.45, 2.75) is 26.3 Å². The van der Waals surface area contributed by atoms with Crippen LogP contribution in [-0.2, 0) is 6.54 Å². The molecular formula is C11H21N3S. The third kappa shape index (κ3) is 5.25. The van der Waals surface area contributed by atoms with Crippen molar-refractivity contribution in [1.82, 2.24) is 9.88 Å². The standard InChI is InChI=1S/C11H21N3S/c1-10(4-3-5-12)6-14(2)7-11-8-15-9-13-11/h8-10H,3-7,12H2,1-2H3. The minimum atomic E-state index is 0.720. The van der Waals surface area contributed by atoms with Gasteiger partial charge in [0.2, 0.25) is 0 Å². The van der Waals surface area contributed by atoms with E-state index in [1.54, 1.807) is 11.3 Å². The molecule has 1 aromatic rings. The quantitative estimate of drug-likeness (QED) is 0.774. The van der Waals surface area contributed by atoms with Crippen LogP contribution in [-0.4, -0.2) is 30.0 Å². The number of thiazole rings is 1. The molecule has 1 unspecified atom stereocenters. The van der Waals surface area contributed by atoms with Crippen LogP contribution >= 0.6 is 11.3 Å². The summed E-state index contributed by atoms with van der Waals surface area (Å²) in [5, 5.41) is 2.11. The zero-order chi connectivity index (χ0) is 11.1. The van der Waals surface area contributed by atoms with E-state index in [9.17, 15) is 0 Å². The van der Waals surface area contributed by atoms with Crippen molar-refractivity contribution in [1.29, 1.82) is 0 Å². The topological polar surface area (TPSA) is 42.1 Å². The number of nitrogens with zero attached hydrogens (tertiary/aromatic N) is 2. The second-order valence-corrected chi connectivity index (χ2v) is 4.93. The van der Waals surface area contributed by atoms with Crippen LogP contribution in [0.2, 0.25) is 0 Å². The van der Waals surface area contributed by atoms with Gasteiger partial charge in [0, 0.05) is 18.5 Å². The summed E-state index contributed by atoms with van der Waals surface area (Å²) in [7, 11) is 2.15. The zero-order valence-electron chi connectivity index (χ0n) is 9.65. The largest absolute Gasteiger partial charge is 0.330 e. The maximum Gasteiger partial charge on any atom is 0.0795 e. The van der Waals surface area contributed by atoms with Crippen LogP contribution in [0.1, 0.15) is 25.5 Å². The van der Waals surface area contributed by atoms with Crippen LogP contribution < -0.4 is 5.73 Å². The predicted molar refractivity (Wildman–Crippen MR) is 65.9 cm³/mol. The Hall–Kier alpha value is -0.450. The van der Waals surface area contributed by atoms with Gasteiger partial charge in [-0.1, -0.05) is 6.92 Å². The highest BCUT2D eigenvalue weighted by molar-refractivity contribution is 7.07. The molecule has 0 saturated heterocycles. The first kappa shape index (κ1) is 12.6. The average Bonchev–Trinajstić information content (AvgIpc) is 2.67. The van der Waals surface area contributed by atoms with Gasteiger partial charge in [0.1, 0.15) is 0 Å². The Labute approximate surface area is 96.3 Å². The van der Waals surface area contributed by atoms with E-state index < -0.39 is 0 Å². The first-order valence-electron chi connectivity index (χ1n) is 5.48. The number of hydrogen-bond donors (Lipinski definition) is 1. The van der Waals surface area contributed by atoms with Gasteiger partial charge in [-0.2, -0.15) is 0 Å². The van der Waals surface area contributed by atoms with Gasteiger partial charge in [0.05, 0.1) is 11.2 Å². The first-order chi connectivity index (χ1) is 7.22. The Morgan fingerprint density at radius 3 is 3.00 bits per heavy atom. The van der Waals surface area contributed by atoms with E-state index in [2.05, 4.69) is 29.2 Å². The fourth-order valence-electron chi connectivity index (χ4n) is 1.75. The van der Waals surface area contributed by atoms with Crippen molar-refractivity contribution in [3.8, 4) is 0 Å². The summed E-state index contributed by atoms with van der Waals surface area (Å²) in [5.41, 5.74) is 8.56. The SMILES string of the molecule is CC(CCCN)CN(C)Cc1cscn1. The monoisotopic (exact) mass is 227 g/mol. The van der Waals surface area contributed by atoms with E-state index in [-0.39, 0.29) is 0 Å². The highest BCUT2D eigenvalue weighted by Gasteiger charge is 2.07. The Morgan fingerprint density at radius 1 is 1.60 bits per heavy atom. The molecule has 0 aromatic carbocycles. The van der Waals surface area contributed by atoms with Crippen molar-refractivity contribution in [3.05, 3.63) is 16.6 Å². The Bertz CT molecular complexity index is 248. The van der Waals surface area contributed by atoms with E-state index in [1.165, 1.54) is 12.1 Å². The number of nitrogens with two attached hydrogens (primary N) is 1. The summed E-state index contributed by atoms with van der Waals surface area (Å²) >= 11 is 1.66. The predicted octanol–water partition coefficient (Wildman–Crippen LogP) is 1.95. The van der Waals surface area contributed by atoms with E-state index in [4.69, 9.17) is 5.73 Å². The van der Waals surface area contributed by atoms with Crippen LogP contribution in [0.15, 0.2) is 10.9 Å². The summed E-state index contributed by atoms with van der Waals surface area (Å²) in [6.07, 6.45) is 2.35. The molecule has 0 aliphatic rings. The van der Waals surface area contributed by atoms with Gasteiger partial charge >= 0.3 is 0 Å². The van der Waals surface area contributed by atoms with Crippen LogP contribution in [0.5, 0.6) is 0 Å². The van der Waals surface area contributed by atoms with E-state index in [0.29, 0.717) is 0 Å². The normalized spacial score (nSPS) is 13.3. The zero-order valence-corrected chi connectivity index (χ0v) is 10.5. The van der Waals surface area contributed by atoms with Crippen molar-refractivity contribution in [3.63, 3.8) is 0 Å². The summed E-state index contributed by atoms with van der Waals surface area (Å²) in [6, 6.07) is 0. The molecule has 2 N–H and O–H groups in total. The van der Waals surface area contributed by atoms with E-state index >= 15 is 0 Å². The maximum absolute atomic E-state index is 5.50. The molecule has 0 radical (unpaired) electrons. The van der Waals surface area contributed by atoms with E-state index in [0.717, 1.165) is 32.0 Å². The minimum absolute atomic E-state index is 0.720. The average molecular weight is 227 g/mol. The fraction of sp³-hybridized carbons (Fsp3) is 0.727. The molecule has 1 rings (SSSR count). The summed E-state index contributed by atoms with van der Waals surface area (Å²) < 4.78 is 0. The second kappa shape index (κ2) is 6.93. The number of rotatable bonds is 7. The lowest BCUT2D eigenvalue weighted by atomic mass is 10.1. The Morgan fingerprint density at radius 2 is 2.40 bits per heavy atom. The van der Waals surface area contributed by atoms with Gasteiger partial charge in [-0.15, -0.1) is 11.3 Å². The molecule has 0 amide bonds. The molecule has 1 heterocycles. The summed E-state index contributed by atoms with van der Waals surface area (Å²) in [4.78, 5) is 6.61. The van der Waals surface area contributed by atoms with Crippen molar-refractivity contribution >= 4 is 11.3 Å². The second-order valence-electron chi connectivity index (χ2n) is 4.21. The van der Waals surface area contributed by atoms with Gasteiger partial charge in [-0.25, -0.2) is 4.98 Å². The van der Waals surface area contributed by atoms with Gasteiger partial charge in [0.15, 0.2) is 0 Å². The third-order valence-electron chi connectivity index (χ3n) is 2.44. The molecule has 0 spiro atoms. The molecule has 3 nitrogen and oxygen atoms in total. The molecule has 0 fully saturated rings. The first-order valence-corrected chi connectivity index (χ1v) is 6.42. The van der Waals surface area contributed by atoms with Gasteiger partial charge in [-0.3, -0.25) is 0 Å². The highest BCUT2D eigenvalue weighted by atomic mass is 32.1. The number of aromatic nitrogens is 1. The molecule has 4 heteroatoms. The van der Waals surface area contributed by atoms with Crippen LogP contribution in [0.4, 0.5) is 0 Å². The molecular weight excluding hydrogens is 206 g/mol. The lowest BCUT2D eigenvalue weighted by Gasteiger charge is -2.20. The lowest BCUT2D eigenvalue weighted by Crippen LogP contribution is -2.24. The Kier molecular flexibility index (Phi) is 5.83. The third-order valence-corrected chi connectivity index (χ3v) is 3.08.